The summed E-state index contributed by atoms with van der Waals surface area (Å²) in [6, 6.07) is 12.6. The Bertz CT molecular complexity index is 755. The fraction of sp³-hybridized carbons (Fsp3) is 0.278. The van der Waals surface area contributed by atoms with Crippen molar-refractivity contribution in [3.05, 3.63) is 58.1 Å². The molecule has 1 aliphatic rings. The summed E-state index contributed by atoms with van der Waals surface area (Å²) in [7, 11) is 0. The molecule has 1 N–H and O–H groups in total. The number of ether oxygens (including phenoxy) is 1. The van der Waals surface area contributed by atoms with E-state index in [0.29, 0.717) is 23.2 Å². The van der Waals surface area contributed by atoms with Crippen LogP contribution in [0.25, 0.3) is 0 Å². The summed E-state index contributed by atoms with van der Waals surface area (Å²) in [6.07, 6.45) is 0. The van der Waals surface area contributed by atoms with E-state index in [-0.39, 0.29) is 11.4 Å². The van der Waals surface area contributed by atoms with Crippen LogP contribution in [0.3, 0.4) is 0 Å². The van der Waals surface area contributed by atoms with Gasteiger partial charge in [0, 0.05) is 33.6 Å². The van der Waals surface area contributed by atoms with Crippen molar-refractivity contribution >= 4 is 46.7 Å². The largest absolute Gasteiger partial charge is 0.494 e. The molecule has 3 rings (SSSR count). The molecule has 1 heterocycles. The Hall–Kier alpha value is -1.56. The third kappa shape index (κ3) is 4.35. The molecule has 1 atom stereocenters. The fourth-order valence-corrected chi connectivity index (χ4v) is 4.50. The molecule has 7 heteroatoms. The van der Waals surface area contributed by atoms with Crippen LogP contribution in [-0.2, 0) is 0 Å². The molecular formula is C18H18Cl2N2O2S. The minimum absolute atomic E-state index is 0.118. The van der Waals surface area contributed by atoms with Crippen LogP contribution in [0.5, 0.6) is 5.75 Å². The maximum atomic E-state index is 12.7. The standard InChI is InChI=1S/C18H18Cl2N2O2S/c1-2-24-14-6-4-13(5-7-14)21-18(23)22-9-10-25-17(22)15-8-3-12(19)11-16(15)20/h3-8,11,17H,2,9-10H2,1H3,(H,21,23). The number of carbonyl (C=O) groups excluding carboxylic acids is 1. The lowest BCUT2D eigenvalue weighted by Gasteiger charge is -2.25. The van der Waals surface area contributed by atoms with E-state index >= 15 is 0 Å². The Morgan fingerprint density at radius 3 is 2.72 bits per heavy atom. The predicted molar refractivity (Wildman–Crippen MR) is 105 cm³/mol. The van der Waals surface area contributed by atoms with Crippen LogP contribution in [0.2, 0.25) is 10.0 Å². The average Bonchev–Trinajstić information content (AvgIpc) is 3.06. The molecule has 4 nitrogen and oxygen atoms in total. The minimum atomic E-state index is -0.148. The van der Waals surface area contributed by atoms with Gasteiger partial charge in [0.2, 0.25) is 0 Å². The lowest BCUT2D eigenvalue weighted by atomic mass is 10.2. The SMILES string of the molecule is CCOc1ccc(NC(=O)N2CCSC2c2ccc(Cl)cc2Cl)cc1. The van der Waals surface area contributed by atoms with Crippen molar-refractivity contribution in [2.75, 3.05) is 24.2 Å². The Kier molecular flexibility index (Phi) is 5.99. The zero-order valence-electron chi connectivity index (χ0n) is 13.7. The summed E-state index contributed by atoms with van der Waals surface area (Å²) >= 11 is 14.0. The van der Waals surface area contributed by atoms with Gasteiger partial charge in [-0.2, -0.15) is 0 Å². The van der Waals surface area contributed by atoms with Crippen LogP contribution in [0.4, 0.5) is 10.5 Å². The van der Waals surface area contributed by atoms with Gasteiger partial charge in [-0.25, -0.2) is 4.79 Å². The van der Waals surface area contributed by atoms with E-state index in [9.17, 15) is 4.79 Å². The maximum absolute atomic E-state index is 12.7. The highest BCUT2D eigenvalue weighted by molar-refractivity contribution is 7.99. The molecule has 0 aromatic heterocycles. The first-order valence-corrected chi connectivity index (χ1v) is 9.76. The molecule has 2 amide bonds. The summed E-state index contributed by atoms with van der Waals surface area (Å²) in [4.78, 5) is 14.5. The summed E-state index contributed by atoms with van der Waals surface area (Å²) in [5.41, 5.74) is 1.63. The van der Waals surface area contributed by atoms with E-state index in [0.717, 1.165) is 22.8 Å². The topological polar surface area (TPSA) is 41.6 Å². The second-order valence-electron chi connectivity index (χ2n) is 5.47. The monoisotopic (exact) mass is 396 g/mol. The summed E-state index contributed by atoms with van der Waals surface area (Å²) in [5.74, 6) is 1.64. The number of halogens is 2. The Morgan fingerprint density at radius 2 is 2.04 bits per heavy atom. The van der Waals surface area contributed by atoms with Gasteiger partial charge < -0.3 is 15.0 Å². The molecule has 1 aliphatic heterocycles. The Labute approximate surface area is 161 Å². The molecule has 0 spiro atoms. The number of thioether (sulfide) groups is 1. The molecular weight excluding hydrogens is 379 g/mol. The highest BCUT2D eigenvalue weighted by atomic mass is 35.5. The number of hydrogen-bond donors (Lipinski definition) is 1. The zero-order valence-corrected chi connectivity index (χ0v) is 16.0. The van der Waals surface area contributed by atoms with Crippen molar-refractivity contribution in [2.24, 2.45) is 0 Å². The number of hydrogen-bond acceptors (Lipinski definition) is 3. The molecule has 0 bridgehead atoms. The van der Waals surface area contributed by atoms with Crippen LogP contribution in [0.1, 0.15) is 17.9 Å². The third-order valence-corrected chi connectivity index (χ3v) is 5.60. The Morgan fingerprint density at radius 1 is 1.28 bits per heavy atom. The number of carbonyl (C=O) groups is 1. The number of amides is 2. The first-order valence-electron chi connectivity index (χ1n) is 7.95. The first-order chi connectivity index (χ1) is 12.1. The van der Waals surface area contributed by atoms with E-state index in [1.54, 1.807) is 28.8 Å². The van der Waals surface area contributed by atoms with Crippen LogP contribution >= 0.6 is 35.0 Å². The highest BCUT2D eigenvalue weighted by Gasteiger charge is 2.32. The highest BCUT2D eigenvalue weighted by Crippen LogP contribution is 2.41. The molecule has 2 aromatic carbocycles. The van der Waals surface area contributed by atoms with Crippen LogP contribution in [0.15, 0.2) is 42.5 Å². The van der Waals surface area contributed by atoms with E-state index < -0.39 is 0 Å². The van der Waals surface area contributed by atoms with E-state index in [2.05, 4.69) is 5.32 Å². The van der Waals surface area contributed by atoms with Gasteiger partial charge in [-0.15, -0.1) is 11.8 Å². The number of urea groups is 1. The van der Waals surface area contributed by atoms with Gasteiger partial charge in [0.1, 0.15) is 11.1 Å². The third-order valence-electron chi connectivity index (χ3n) is 3.80. The van der Waals surface area contributed by atoms with Crippen molar-refractivity contribution in [1.29, 1.82) is 0 Å². The van der Waals surface area contributed by atoms with Gasteiger partial charge >= 0.3 is 6.03 Å². The fourth-order valence-electron chi connectivity index (χ4n) is 2.63. The van der Waals surface area contributed by atoms with Gasteiger partial charge in [-0.3, -0.25) is 0 Å². The zero-order chi connectivity index (χ0) is 17.8. The molecule has 0 aliphatic carbocycles. The normalized spacial score (nSPS) is 16.8. The van der Waals surface area contributed by atoms with Crippen LogP contribution in [-0.4, -0.2) is 29.8 Å². The second-order valence-corrected chi connectivity index (χ2v) is 7.50. The number of benzene rings is 2. The number of nitrogens with zero attached hydrogens (tertiary/aromatic N) is 1. The van der Waals surface area contributed by atoms with Crippen molar-refractivity contribution in [2.45, 2.75) is 12.3 Å². The molecule has 1 fully saturated rings. The van der Waals surface area contributed by atoms with Crippen molar-refractivity contribution in [3.63, 3.8) is 0 Å². The number of rotatable bonds is 4. The molecule has 0 radical (unpaired) electrons. The van der Waals surface area contributed by atoms with Crippen LogP contribution < -0.4 is 10.1 Å². The average molecular weight is 397 g/mol. The molecule has 132 valence electrons. The maximum Gasteiger partial charge on any atom is 0.323 e. The van der Waals surface area contributed by atoms with Crippen LogP contribution in [0, 0.1) is 0 Å². The lowest BCUT2D eigenvalue weighted by Crippen LogP contribution is -2.34. The Balaban J connectivity index is 1.72. The van der Waals surface area contributed by atoms with Crippen molar-refractivity contribution in [3.8, 4) is 5.75 Å². The molecule has 1 saturated heterocycles. The van der Waals surface area contributed by atoms with Gasteiger partial charge in [0.25, 0.3) is 0 Å². The molecule has 25 heavy (non-hydrogen) atoms. The van der Waals surface area contributed by atoms with E-state index in [1.165, 1.54) is 0 Å². The summed E-state index contributed by atoms with van der Waals surface area (Å²) in [5, 5.41) is 3.97. The van der Waals surface area contributed by atoms with E-state index in [4.69, 9.17) is 27.9 Å². The minimum Gasteiger partial charge on any atom is -0.494 e. The van der Waals surface area contributed by atoms with Gasteiger partial charge in [0.05, 0.1) is 6.61 Å². The summed E-state index contributed by atoms with van der Waals surface area (Å²) in [6.45, 7) is 3.21. The van der Waals surface area contributed by atoms with Crippen molar-refractivity contribution in [1.82, 2.24) is 4.90 Å². The smallest absolute Gasteiger partial charge is 0.323 e. The molecule has 0 saturated carbocycles. The van der Waals surface area contributed by atoms with Gasteiger partial charge in [0.15, 0.2) is 0 Å². The molecule has 1 unspecified atom stereocenters. The quantitative estimate of drug-likeness (QED) is 0.723. The summed E-state index contributed by atoms with van der Waals surface area (Å²) < 4.78 is 5.41. The lowest BCUT2D eigenvalue weighted by molar-refractivity contribution is 0.214. The number of nitrogens with one attached hydrogen (secondary N) is 1. The van der Waals surface area contributed by atoms with Gasteiger partial charge in [-0.05, 0) is 43.3 Å². The number of anilines is 1. The second kappa shape index (κ2) is 8.21. The predicted octanol–water partition coefficient (Wildman–Crippen LogP) is 5.67. The van der Waals surface area contributed by atoms with Gasteiger partial charge in [-0.1, -0.05) is 29.3 Å². The molecule has 2 aromatic rings. The van der Waals surface area contributed by atoms with Crippen molar-refractivity contribution < 1.29 is 9.53 Å². The van der Waals surface area contributed by atoms with E-state index in [1.807, 2.05) is 37.3 Å². The first kappa shape index (κ1) is 18.2.